The Hall–Kier alpha value is -5.42. The fourth-order valence-electron chi connectivity index (χ4n) is 7.85. The molecule has 4 aromatic carbocycles. The van der Waals surface area contributed by atoms with E-state index in [1.54, 1.807) is 42.5 Å². The Morgan fingerprint density at radius 3 is 1.68 bits per heavy atom. The van der Waals surface area contributed by atoms with E-state index in [9.17, 15) is 19.8 Å². The van der Waals surface area contributed by atoms with Crippen molar-refractivity contribution in [2.75, 3.05) is 13.2 Å². The van der Waals surface area contributed by atoms with Gasteiger partial charge in [-0.2, -0.15) is 0 Å². The van der Waals surface area contributed by atoms with Gasteiger partial charge in [-0.05, 0) is 95.7 Å². The van der Waals surface area contributed by atoms with Gasteiger partial charge < -0.3 is 19.7 Å². The summed E-state index contributed by atoms with van der Waals surface area (Å²) in [6, 6.07) is 18.1. The topological polar surface area (TPSA) is 154 Å². The molecule has 2 N–H and O–H groups in total. The summed E-state index contributed by atoms with van der Waals surface area (Å²) in [5.41, 5.74) is 6.16. The number of unbranched alkanes of at least 4 members (excludes halogenated alkanes) is 6. The number of hydrogen-bond donors (Lipinski definition) is 2. The Labute approximate surface area is 412 Å². The van der Waals surface area contributed by atoms with Gasteiger partial charge in [-0.1, -0.05) is 149 Å². The molecule has 0 aliphatic carbocycles. The zero-order valence-electron chi connectivity index (χ0n) is 41.4. The van der Waals surface area contributed by atoms with Gasteiger partial charge in [0, 0.05) is 34.0 Å². The summed E-state index contributed by atoms with van der Waals surface area (Å²) in [7, 11) is 0. The number of phenolic OH excluding ortho intramolecular Hbond substituents is 2. The first-order valence-electron chi connectivity index (χ1n) is 24.2. The SMILES string of the molecule is CCCCC(CC)COC(=C=O)Cc1cc(-n2nc3ccc(Cl)cc3n2)c(O)c(C(C)(C)C)c1.CCCCCCCCOC(=O)CCc1cc(-n2nc3ccc(Cl)cc3n2)c(O)c(C(C)(C)C)c1. The number of rotatable bonds is 21. The molecule has 0 aliphatic heterocycles. The third-order valence-corrected chi connectivity index (χ3v) is 12.4. The average Bonchev–Trinajstić information content (AvgIpc) is 3.91. The summed E-state index contributed by atoms with van der Waals surface area (Å²) in [6.07, 6.45) is 12.4. The summed E-state index contributed by atoms with van der Waals surface area (Å²) >= 11 is 12.2. The van der Waals surface area contributed by atoms with Gasteiger partial charge in [0.2, 0.25) is 0 Å². The molecular formula is C54H70Cl2N6O6. The molecule has 14 heteroatoms. The minimum atomic E-state index is -0.343. The van der Waals surface area contributed by atoms with Crippen LogP contribution in [-0.2, 0) is 42.7 Å². The first-order valence-corrected chi connectivity index (χ1v) is 24.9. The highest BCUT2D eigenvalue weighted by Crippen LogP contribution is 2.38. The van der Waals surface area contributed by atoms with Gasteiger partial charge in [0.05, 0.1) is 13.2 Å². The zero-order chi connectivity index (χ0) is 49.6. The molecule has 1 unspecified atom stereocenters. The predicted octanol–water partition coefficient (Wildman–Crippen LogP) is 13.5. The molecule has 366 valence electrons. The third kappa shape index (κ3) is 15.0. The Morgan fingerprint density at radius 1 is 0.662 bits per heavy atom. The quantitative estimate of drug-likeness (QED) is 0.0308. The maximum absolute atomic E-state index is 12.3. The number of allylic oxidation sites excluding steroid dienone is 1. The van der Waals surface area contributed by atoms with Gasteiger partial charge in [0.15, 0.2) is 11.7 Å². The highest BCUT2D eigenvalue weighted by atomic mass is 35.5. The van der Waals surface area contributed by atoms with E-state index >= 15 is 0 Å². The fraction of sp³-hybridized carbons (Fsp3) is 0.500. The second-order valence-electron chi connectivity index (χ2n) is 19.7. The number of halogens is 2. The lowest BCUT2D eigenvalue weighted by molar-refractivity contribution is -0.143. The molecule has 0 fully saturated rings. The monoisotopic (exact) mass is 968 g/mol. The maximum atomic E-state index is 12.3. The number of aryl methyl sites for hydroxylation is 1. The van der Waals surface area contributed by atoms with E-state index in [0.29, 0.717) is 69.0 Å². The molecule has 0 bridgehead atoms. The van der Waals surface area contributed by atoms with Crippen LogP contribution in [0.2, 0.25) is 10.0 Å². The Morgan fingerprint density at radius 2 is 1.16 bits per heavy atom. The Bertz CT molecular complexity index is 2670. The lowest BCUT2D eigenvalue weighted by atomic mass is 9.84. The zero-order valence-corrected chi connectivity index (χ0v) is 42.9. The summed E-state index contributed by atoms with van der Waals surface area (Å²) in [5, 5.41) is 41.4. The highest BCUT2D eigenvalue weighted by Gasteiger charge is 2.26. The highest BCUT2D eigenvalue weighted by molar-refractivity contribution is 6.31. The van der Waals surface area contributed by atoms with Crippen molar-refractivity contribution in [2.24, 2.45) is 5.92 Å². The normalized spacial score (nSPS) is 12.2. The van der Waals surface area contributed by atoms with E-state index < -0.39 is 0 Å². The van der Waals surface area contributed by atoms with E-state index in [4.69, 9.17) is 32.7 Å². The number of phenols is 2. The molecule has 0 radical (unpaired) electrons. The van der Waals surface area contributed by atoms with Gasteiger partial charge in [-0.3, -0.25) is 4.79 Å². The van der Waals surface area contributed by atoms with Crippen molar-refractivity contribution in [1.29, 1.82) is 0 Å². The number of hydrogen-bond acceptors (Lipinski definition) is 10. The van der Waals surface area contributed by atoms with Crippen LogP contribution >= 0.6 is 23.2 Å². The van der Waals surface area contributed by atoms with E-state index in [-0.39, 0.29) is 46.9 Å². The van der Waals surface area contributed by atoms with Crippen molar-refractivity contribution in [1.82, 2.24) is 30.0 Å². The fourth-order valence-corrected chi connectivity index (χ4v) is 8.18. The molecule has 12 nitrogen and oxygen atoms in total. The number of carbonyl (C=O) groups excluding carboxylic acids is 2. The van der Waals surface area contributed by atoms with E-state index in [2.05, 4.69) is 41.2 Å². The summed E-state index contributed by atoms with van der Waals surface area (Å²) in [4.78, 5) is 26.8. The van der Waals surface area contributed by atoms with Crippen molar-refractivity contribution in [2.45, 2.75) is 157 Å². The van der Waals surface area contributed by atoms with Crippen LogP contribution in [-0.4, -0.2) is 65.3 Å². The molecule has 6 rings (SSSR count). The van der Waals surface area contributed by atoms with Gasteiger partial charge >= 0.3 is 5.97 Å². The van der Waals surface area contributed by atoms with Gasteiger partial charge in [-0.15, -0.1) is 30.0 Å². The minimum absolute atomic E-state index is 0.103. The van der Waals surface area contributed by atoms with E-state index in [1.165, 1.54) is 35.3 Å². The van der Waals surface area contributed by atoms with E-state index in [0.717, 1.165) is 60.8 Å². The molecule has 0 saturated heterocycles. The number of esters is 1. The summed E-state index contributed by atoms with van der Waals surface area (Å²) in [5.74, 6) is 2.69. The van der Waals surface area contributed by atoms with Gasteiger partial charge in [0.25, 0.3) is 0 Å². The molecule has 0 amide bonds. The second kappa shape index (κ2) is 24.7. The lowest BCUT2D eigenvalue weighted by Crippen LogP contribution is -2.15. The molecule has 0 saturated carbocycles. The van der Waals surface area contributed by atoms with Crippen LogP contribution in [0.3, 0.4) is 0 Å². The first kappa shape index (κ1) is 53.5. The van der Waals surface area contributed by atoms with Crippen molar-refractivity contribution < 1.29 is 29.3 Å². The number of ether oxygens (including phenoxy) is 2. The number of fused-ring (bicyclic) bond motifs is 2. The van der Waals surface area contributed by atoms with Gasteiger partial charge in [-0.25, -0.2) is 4.79 Å². The Kier molecular flexibility index (Phi) is 19.5. The molecule has 0 spiro atoms. The van der Waals surface area contributed by atoms with Crippen molar-refractivity contribution in [3.8, 4) is 22.9 Å². The standard InChI is InChI=1S/C27H34ClN3O3.C27H36ClN3O3/c1-6-8-9-18(7-2)17-34-21(16-32)12-19-13-22(27(3,4)5)26(33)25(14-19)31-29-23-11-10-20(28)15-24(23)30-31;1-5-6-7-8-9-10-15-34-25(32)14-11-19-16-21(27(2,3)4)26(33)24(17-19)31-29-22-13-12-20(28)18-23(22)30-31/h10-11,13-15,18,33H,6-9,12,17H2,1-5H3;12-13,16-18,33H,5-11,14-15H2,1-4H3. The number of benzene rings is 4. The first-order chi connectivity index (χ1) is 32.3. The molecule has 2 aromatic heterocycles. The van der Waals surface area contributed by atoms with Crippen molar-refractivity contribution in [3.05, 3.63) is 98.7 Å². The second-order valence-corrected chi connectivity index (χ2v) is 20.6. The molecule has 2 heterocycles. The van der Waals surface area contributed by atoms with Crippen LogP contribution in [0.25, 0.3) is 33.4 Å². The van der Waals surface area contributed by atoms with Crippen LogP contribution in [0.1, 0.15) is 155 Å². The smallest absolute Gasteiger partial charge is 0.306 e. The molecular weight excluding hydrogens is 900 g/mol. The number of aromatic nitrogens is 6. The van der Waals surface area contributed by atoms with Crippen LogP contribution in [0.15, 0.2) is 66.4 Å². The molecule has 1 atom stereocenters. The van der Waals surface area contributed by atoms with Gasteiger partial charge in [0.1, 0.15) is 44.9 Å². The number of aromatic hydroxyl groups is 2. The van der Waals surface area contributed by atoms with E-state index in [1.807, 2.05) is 65.7 Å². The third-order valence-electron chi connectivity index (χ3n) is 11.9. The molecule has 0 aliphatic rings. The summed E-state index contributed by atoms with van der Waals surface area (Å²) < 4.78 is 11.3. The van der Waals surface area contributed by atoms with Crippen LogP contribution in [0.4, 0.5) is 0 Å². The van der Waals surface area contributed by atoms with Crippen LogP contribution < -0.4 is 0 Å². The number of carbonyl (C=O) groups is 1. The Balaban J connectivity index is 0.000000254. The van der Waals surface area contributed by atoms with Crippen LogP contribution in [0.5, 0.6) is 11.5 Å². The maximum Gasteiger partial charge on any atom is 0.306 e. The lowest BCUT2D eigenvalue weighted by Gasteiger charge is -2.23. The molecule has 68 heavy (non-hydrogen) atoms. The largest absolute Gasteiger partial charge is 0.505 e. The van der Waals surface area contributed by atoms with Crippen LogP contribution in [0, 0.1) is 5.92 Å². The number of nitrogens with zero attached hydrogens (tertiary/aromatic N) is 6. The minimum Gasteiger partial charge on any atom is -0.505 e. The summed E-state index contributed by atoms with van der Waals surface area (Å²) in [6.45, 7) is 19.7. The molecule has 6 aromatic rings. The average molecular weight is 970 g/mol. The van der Waals surface area contributed by atoms with Crippen molar-refractivity contribution in [3.63, 3.8) is 0 Å². The predicted molar refractivity (Wildman–Crippen MR) is 273 cm³/mol. The van der Waals surface area contributed by atoms with Crippen molar-refractivity contribution >= 4 is 57.2 Å².